The molecule has 3 aromatic rings. The average Bonchev–Trinajstić information content (AvgIpc) is 3.35. The third-order valence-electron chi connectivity index (χ3n) is 5.47. The molecule has 0 radical (unpaired) electrons. The van der Waals surface area contributed by atoms with Crippen LogP contribution in [0.3, 0.4) is 0 Å². The number of hydrogen-bond acceptors (Lipinski definition) is 3. The predicted molar refractivity (Wildman–Crippen MR) is 104 cm³/mol. The van der Waals surface area contributed by atoms with Crippen LogP contribution in [-0.4, -0.2) is 37.8 Å². The largest absolute Gasteiger partial charge is 0.339 e. The van der Waals surface area contributed by atoms with E-state index in [-0.39, 0.29) is 5.91 Å². The number of hydrogen-bond donors (Lipinski definition) is 1. The summed E-state index contributed by atoms with van der Waals surface area (Å²) in [5.41, 5.74) is 7.48. The highest BCUT2D eigenvalue weighted by Crippen LogP contribution is 2.24. The van der Waals surface area contributed by atoms with Gasteiger partial charge in [0.25, 0.3) is 0 Å². The van der Waals surface area contributed by atoms with Crippen LogP contribution in [0.1, 0.15) is 40.3 Å². The van der Waals surface area contributed by atoms with Gasteiger partial charge in [0.15, 0.2) is 0 Å². The summed E-state index contributed by atoms with van der Waals surface area (Å²) in [6.45, 7) is 4.54. The van der Waals surface area contributed by atoms with Gasteiger partial charge in [-0.3, -0.25) is 9.89 Å². The number of aromatic nitrogens is 4. The summed E-state index contributed by atoms with van der Waals surface area (Å²) < 4.78 is 1.92. The molecule has 4 rings (SSSR count). The maximum Gasteiger partial charge on any atom is 0.227 e. The number of rotatable bonds is 5. The van der Waals surface area contributed by atoms with E-state index in [9.17, 15) is 4.79 Å². The van der Waals surface area contributed by atoms with E-state index in [2.05, 4.69) is 15.3 Å². The molecule has 0 unspecified atom stereocenters. The zero-order valence-corrected chi connectivity index (χ0v) is 16.1. The van der Waals surface area contributed by atoms with Crippen molar-refractivity contribution in [2.75, 3.05) is 7.05 Å². The van der Waals surface area contributed by atoms with Gasteiger partial charge >= 0.3 is 0 Å². The lowest BCUT2D eigenvalue weighted by molar-refractivity contribution is -0.129. The van der Waals surface area contributed by atoms with Crippen LogP contribution in [0.15, 0.2) is 30.3 Å². The third kappa shape index (κ3) is 3.27. The number of nitrogens with one attached hydrogen (secondary N) is 1. The van der Waals surface area contributed by atoms with E-state index in [4.69, 9.17) is 0 Å². The number of fused-ring (bicyclic) bond motifs is 1. The molecule has 0 atom stereocenters. The molecular formula is C21H25N5O. The number of benzene rings is 1. The summed E-state index contributed by atoms with van der Waals surface area (Å²) in [6.07, 6.45) is 3.65. The van der Waals surface area contributed by atoms with Gasteiger partial charge < -0.3 is 4.90 Å². The van der Waals surface area contributed by atoms with Gasteiger partial charge in [-0.25, -0.2) is 4.68 Å². The molecule has 0 aliphatic heterocycles. The molecule has 6 nitrogen and oxygen atoms in total. The van der Waals surface area contributed by atoms with Crippen molar-refractivity contribution in [3.05, 3.63) is 64.2 Å². The molecular weight excluding hydrogens is 338 g/mol. The fraction of sp³-hybridized carbons (Fsp3) is 0.381. The molecule has 1 aromatic carbocycles. The van der Waals surface area contributed by atoms with Crippen molar-refractivity contribution in [3.8, 4) is 5.69 Å². The highest BCUT2D eigenvalue weighted by Gasteiger charge is 2.22. The molecule has 1 aliphatic carbocycles. The van der Waals surface area contributed by atoms with E-state index in [0.717, 1.165) is 41.2 Å². The monoisotopic (exact) mass is 363 g/mol. The molecule has 0 spiro atoms. The summed E-state index contributed by atoms with van der Waals surface area (Å²) in [5, 5.41) is 12.2. The van der Waals surface area contributed by atoms with Gasteiger partial charge in [-0.2, -0.15) is 10.2 Å². The van der Waals surface area contributed by atoms with Crippen molar-refractivity contribution < 1.29 is 4.79 Å². The Labute approximate surface area is 159 Å². The summed E-state index contributed by atoms with van der Waals surface area (Å²) in [6, 6.07) is 10.0. The highest BCUT2D eigenvalue weighted by molar-refractivity contribution is 5.79. The first kappa shape index (κ1) is 17.5. The summed E-state index contributed by atoms with van der Waals surface area (Å²) in [7, 11) is 1.85. The molecule has 0 bridgehead atoms. The molecule has 0 saturated heterocycles. The molecule has 140 valence electrons. The lowest BCUT2D eigenvalue weighted by Crippen LogP contribution is -2.28. The van der Waals surface area contributed by atoms with E-state index in [1.807, 2.05) is 55.9 Å². The minimum atomic E-state index is 0.0866. The van der Waals surface area contributed by atoms with Crippen LogP contribution in [-0.2, 0) is 30.6 Å². The van der Waals surface area contributed by atoms with E-state index < -0.39 is 0 Å². The van der Waals surface area contributed by atoms with Crippen molar-refractivity contribution >= 4 is 5.91 Å². The van der Waals surface area contributed by atoms with Gasteiger partial charge in [0, 0.05) is 24.0 Å². The third-order valence-corrected chi connectivity index (χ3v) is 5.47. The number of amides is 1. The Morgan fingerprint density at radius 2 is 2.00 bits per heavy atom. The molecule has 1 amide bonds. The maximum absolute atomic E-state index is 12.8. The fourth-order valence-electron chi connectivity index (χ4n) is 3.87. The summed E-state index contributed by atoms with van der Waals surface area (Å²) in [4.78, 5) is 14.6. The molecule has 2 heterocycles. The van der Waals surface area contributed by atoms with Crippen LogP contribution in [0.25, 0.3) is 5.69 Å². The van der Waals surface area contributed by atoms with Crippen LogP contribution < -0.4 is 0 Å². The maximum atomic E-state index is 12.8. The lowest BCUT2D eigenvalue weighted by atomic mass is 10.1. The van der Waals surface area contributed by atoms with E-state index in [1.54, 1.807) is 4.90 Å². The molecule has 27 heavy (non-hydrogen) atoms. The van der Waals surface area contributed by atoms with Gasteiger partial charge in [-0.15, -0.1) is 0 Å². The minimum absolute atomic E-state index is 0.0866. The van der Waals surface area contributed by atoms with E-state index >= 15 is 0 Å². The topological polar surface area (TPSA) is 66.8 Å². The SMILES string of the molecule is Cc1nn(-c2ccccc2)c(C)c1CC(=O)N(C)Cc1n[nH]c2c1CCC2. The second-order valence-corrected chi connectivity index (χ2v) is 7.30. The number of H-pyrrole nitrogens is 1. The Kier molecular flexibility index (Phi) is 4.56. The number of nitrogens with zero attached hydrogens (tertiary/aromatic N) is 4. The van der Waals surface area contributed by atoms with Gasteiger partial charge in [0.2, 0.25) is 5.91 Å². The Balaban J connectivity index is 1.50. The molecule has 1 aliphatic rings. The van der Waals surface area contributed by atoms with Crippen LogP contribution in [0, 0.1) is 13.8 Å². The predicted octanol–water partition coefficient (Wildman–Crippen LogP) is 2.90. The van der Waals surface area contributed by atoms with Crippen LogP contribution in [0.2, 0.25) is 0 Å². The summed E-state index contributed by atoms with van der Waals surface area (Å²) >= 11 is 0. The van der Waals surface area contributed by atoms with Gasteiger partial charge in [-0.05, 0) is 50.8 Å². The Morgan fingerprint density at radius 1 is 1.22 bits per heavy atom. The standard InChI is InChI=1S/C21H25N5O/c1-14-18(15(2)26(24-14)16-8-5-4-6-9-16)12-21(27)25(3)13-20-17-10-7-11-19(17)22-23-20/h4-6,8-9H,7,10-13H2,1-3H3,(H,22,23). The highest BCUT2D eigenvalue weighted by atomic mass is 16.2. The second-order valence-electron chi connectivity index (χ2n) is 7.30. The Bertz CT molecular complexity index is 970. The van der Waals surface area contributed by atoms with Crippen LogP contribution in [0.4, 0.5) is 0 Å². The van der Waals surface area contributed by atoms with Crippen molar-refractivity contribution in [2.24, 2.45) is 0 Å². The Morgan fingerprint density at radius 3 is 2.78 bits per heavy atom. The second kappa shape index (κ2) is 7.02. The fourth-order valence-corrected chi connectivity index (χ4v) is 3.87. The average molecular weight is 363 g/mol. The number of aromatic amines is 1. The lowest BCUT2D eigenvalue weighted by Gasteiger charge is -2.17. The molecule has 1 N–H and O–H groups in total. The number of carbonyl (C=O) groups excluding carboxylic acids is 1. The van der Waals surface area contributed by atoms with Crippen LogP contribution >= 0.6 is 0 Å². The first-order chi connectivity index (χ1) is 13.0. The zero-order valence-electron chi connectivity index (χ0n) is 16.1. The van der Waals surface area contributed by atoms with Crippen molar-refractivity contribution in [1.29, 1.82) is 0 Å². The molecule has 6 heteroatoms. The van der Waals surface area contributed by atoms with E-state index in [0.29, 0.717) is 13.0 Å². The Hall–Kier alpha value is -2.89. The van der Waals surface area contributed by atoms with Crippen molar-refractivity contribution in [2.45, 2.75) is 46.1 Å². The van der Waals surface area contributed by atoms with E-state index in [1.165, 1.54) is 17.7 Å². The van der Waals surface area contributed by atoms with Gasteiger partial charge in [0.05, 0.1) is 30.0 Å². The van der Waals surface area contributed by atoms with Crippen molar-refractivity contribution in [3.63, 3.8) is 0 Å². The quantitative estimate of drug-likeness (QED) is 0.758. The van der Waals surface area contributed by atoms with Crippen molar-refractivity contribution in [1.82, 2.24) is 24.9 Å². The first-order valence-electron chi connectivity index (χ1n) is 9.44. The normalized spacial score (nSPS) is 13.0. The van der Waals surface area contributed by atoms with Gasteiger partial charge in [0.1, 0.15) is 0 Å². The zero-order chi connectivity index (χ0) is 19.0. The number of likely N-dealkylation sites (N-methyl/N-ethyl adjacent to an activating group) is 1. The van der Waals surface area contributed by atoms with Gasteiger partial charge in [-0.1, -0.05) is 18.2 Å². The summed E-state index contributed by atoms with van der Waals surface area (Å²) in [5.74, 6) is 0.0866. The molecule has 2 aromatic heterocycles. The minimum Gasteiger partial charge on any atom is -0.339 e. The molecule has 0 saturated carbocycles. The number of carbonyl (C=O) groups is 1. The first-order valence-corrected chi connectivity index (χ1v) is 9.44. The smallest absolute Gasteiger partial charge is 0.227 e. The number of aryl methyl sites for hydroxylation is 2. The van der Waals surface area contributed by atoms with Crippen LogP contribution in [0.5, 0.6) is 0 Å². The number of para-hydroxylation sites is 1. The molecule has 0 fully saturated rings.